The van der Waals surface area contributed by atoms with E-state index in [1.807, 2.05) is 6.92 Å². The Balaban J connectivity index is 2.66. The Bertz CT molecular complexity index is 607. The molecule has 7 heteroatoms. The minimum absolute atomic E-state index is 0.0306. The molecule has 2 atom stereocenters. The van der Waals surface area contributed by atoms with Gasteiger partial charge >= 0.3 is 0 Å². The smallest absolute Gasteiger partial charge is 0.270 e. The van der Waals surface area contributed by atoms with Crippen molar-refractivity contribution in [3.05, 3.63) is 52.0 Å². The standard InChI is InChI=1S/C14H15F2IN2O2/c1-9-5-6-13(2,17)14(8-15,18-9)11-7-10(19(20)21)3-4-12(11)16/h3-4,7,18H,1,5-6,8H2,2H3/t13?,14-/m1/s1. The lowest BCUT2D eigenvalue weighted by molar-refractivity contribution is -0.385. The maximum Gasteiger partial charge on any atom is 0.270 e. The van der Waals surface area contributed by atoms with Gasteiger partial charge in [-0.05, 0) is 25.8 Å². The molecule has 1 fully saturated rings. The van der Waals surface area contributed by atoms with Crippen LogP contribution < -0.4 is 5.32 Å². The van der Waals surface area contributed by atoms with Crippen LogP contribution in [0, 0.1) is 15.9 Å². The molecule has 4 nitrogen and oxygen atoms in total. The molecule has 0 aromatic heterocycles. The van der Waals surface area contributed by atoms with Crippen molar-refractivity contribution in [2.45, 2.75) is 28.7 Å². The fraction of sp³-hybridized carbons (Fsp3) is 0.429. The second kappa shape index (κ2) is 5.51. The first kappa shape index (κ1) is 16.1. The van der Waals surface area contributed by atoms with E-state index >= 15 is 0 Å². The normalized spacial score (nSPS) is 29.0. The first-order valence-electron chi connectivity index (χ1n) is 6.39. The van der Waals surface area contributed by atoms with Gasteiger partial charge in [0.2, 0.25) is 0 Å². The number of rotatable bonds is 3. The van der Waals surface area contributed by atoms with Crippen molar-refractivity contribution < 1.29 is 13.7 Å². The second-order valence-electron chi connectivity index (χ2n) is 5.39. The van der Waals surface area contributed by atoms with E-state index in [2.05, 4.69) is 34.5 Å². The summed E-state index contributed by atoms with van der Waals surface area (Å²) in [7, 11) is 0. The van der Waals surface area contributed by atoms with E-state index in [0.717, 1.165) is 18.2 Å². The largest absolute Gasteiger partial charge is 0.376 e. The highest BCUT2D eigenvalue weighted by Gasteiger charge is 2.52. The van der Waals surface area contributed by atoms with Crippen LogP contribution >= 0.6 is 22.6 Å². The van der Waals surface area contributed by atoms with Crippen LogP contribution in [0.4, 0.5) is 14.5 Å². The molecule has 1 aliphatic heterocycles. The summed E-state index contributed by atoms with van der Waals surface area (Å²) in [5.74, 6) is -0.664. The molecule has 2 rings (SSSR count). The molecule has 1 heterocycles. The first-order chi connectivity index (χ1) is 9.73. The molecule has 0 radical (unpaired) electrons. The van der Waals surface area contributed by atoms with E-state index in [9.17, 15) is 18.9 Å². The SMILES string of the molecule is C=C1CCC(C)(I)[C@@](CF)(c2cc([N+](=O)[O-])ccc2F)N1. The lowest BCUT2D eigenvalue weighted by Crippen LogP contribution is -2.60. The molecule has 0 amide bonds. The summed E-state index contributed by atoms with van der Waals surface area (Å²) in [5.41, 5.74) is -1.05. The molecule has 0 spiro atoms. The van der Waals surface area contributed by atoms with E-state index in [-0.39, 0.29) is 11.3 Å². The first-order valence-corrected chi connectivity index (χ1v) is 7.46. The number of benzene rings is 1. The number of nitrogens with one attached hydrogen (secondary N) is 1. The highest BCUT2D eigenvalue weighted by Crippen LogP contribution is 2.48. The number of halogens is 3. The number of hydrogen-bond donors (Lipinski definition) is 1. The topological polar surface area (TPSA) is 55.2 Å². The lowest BCUT2D eigenvalue weighted by Gasteiger charge is -2.49. The van der Waals surface area contributed by atoms with E-state index in [0.29, 0.717) is 18.5 Å². The maximum atomic E-state index is 14.3. The van der Waals surface area contributed by atoms with Gasteiger partial charge in [-0.1, -0.05) is 29.2 Å². The van der Waals surface area contributed by atoms with Crippen LogP contribution in [0.1, 0.15) is 25.3 Å². The highest BCUT2D eigenvalue weighted by atomic mass is 127. The summed E-state index contributed by atoms with van der Waals surface area (Å²) in [6.45, 7) is 4.72. The van der Waals surface area contributed by atoms with Crippen LogP contribution in [0.3, 0.4) is 0 Å². The second-order valence-corrected chi connectivity index (χ2v) is 7.77. The molecular weight excluding hydrogens is 393 g/mol. The summed E-state index contributed by atoms with van der Waals surface area (Å²) in [4.78, 5) is 10.3. The third-order valence-corrected chi connectivity index (χ3v) is 5.46. The lowest BCUT2D eigenvalue weighted by atomic mass is 9.74. The van der Waals surface area contributed by atoms with E-state index in [4.69, 9.17) is 0 Å². The number of non-ortho nitro benzene ring substituents is 1. The van der Waals surface area contributed by atoms with Gasteiger partial charge in [0.1, 0.15) is 18.0 Å². The molecule has 1 unspecified atom stereocenters. The van der Waals surface area contributed by atoms with Crippen LogP contribution in [0.25, 0.3) is 0 Å². The number of nitro benzene ring substituents is 1. The van der Waals surface area contributed by atoms with Crippen molar-refractivity contribution in [1.82, 2.24) is 5.32 Å². The average Bonchev–Trinajstić information content (AvgIpc) is 2.42. The van der Waals surface area contributed by atoms with Crippen molar-refractivity contribution in [2.75, 3.05) is 6.67 Å². The Morgan fingerprint density at radius 2 is 2.24 bits per heavy atom. The Morgan fingerprint density at radius 1 is 1.57 bits per heavy atom. The molecule has 21 heavy (non-hydrogen) atoms. The molecule has 1 aromatic carbocycles. The third-order valence-electron chi connectivity index (χ3n) is 4.00. The molecule has 0 bridgehead atoms. The Labute approximate surface area is 134 Å². The number of hydrogen-bond acceptors (Lipinski definition) is 3. The van der Waals surface area contributed by atoms with Crippen LogP contribution in [0.5, 0.6) is 0 Å². The summed E-state index contributed by atoms with van der Waals surface area (Å²) in [6.07, 6.45) is 1.25. The molecule has 1 saturated heterocycles. The van der Waals surface area contributed by atoms with E-state index < -0.39 is 26.4 Å². The summed E-state index contributed by atoms with van der Waals surface area (Å²) in [5, 5.41) is 13.9. The summed E-state index contributed by atoms with van der Waals surface area (Å²) < 4.78 is 27.6. The van der Waals surface area contributed by atoms with Crippen LogP contribution in [0.2, 0.25) is 0 Å². The number of allylic oxidation sites excluding steroid dienone is 1. The molecule has 0 saturated carbocycles. The zero-order valence-electron chi connectivity index (χ0n) is 11.5. The Morgan fingerprint density at radius 3 is 2.81 bits per heavy atom. The molecule has 1 aliphatic rings. The van der Waals surface area contributed by atoms with Crippen LogP contribution in [-0.2, 0) is 5.54 Å². The van der Waals surface area contributed by atoms with Crippen molar-refractivity contribution >= 4 is 28.3 Å². The fourth-order valence-corrected chi connectivity index (χ4v) is 3.48. The van der Waals surface area contributed by atoms with Gasteiger partial charge in [-0.15, -0.1) is 0 Å². The Kier molecular flexibility index (Phi) is 4.23. The molecular formula is C14H15F2IN2O2. The minimum atomic E-state index is -1.36. The van der Waals surface area contributed by atoms with Crippen molar-refractivity contribution in [3.8, 4) is 0 Å². The zero-order chi connectivity index (χ0) is 15.8. The maximum absolute atomic E-state index is 14.3. The van der Waals surface area contributed by atoms with Gasteiger partial charge in [0.15, 0.2) is 0 Å². The van der Waals surface area contributed by atoms with E-state index in [1.54, 1.807) is 0 Å². The van der Waals surface area contributed by atoms with Gasteiger partial charge in [0, 0.05) is 26.8 Å². The molecule has 1 N–H and O–H groups in total. The van der Waals surface area contributed by atoms with Crippen molar-refractivity contribution in [3.63, 3.8) is 0 Å². The van der Waals surface area contributed by atoms with Gasteiger partial charge in [0.25, 0.3) is 5.69 Å². The average molecular weight is 408 g/mol. The molecule has 1 aromatic rings. The van der Waals surface area contributed by atoms with Gasteiger partial charge in [0.05, 0.1) is 4.92 Å². The predicted octanol–water partition coefficient (Wildman–Crippen LogP) is 3.99. The number of nitrogens with zero attached hydrogens (tertiary/aromatic N) is 1. The zero-order valence-corrected chi connectivity index (χ0v) is 13.6. The van der Waals surface area contributed by atoms with Crippen molar-refractivity contribution in [1.29, 1.82) is 0 Å². The van der Waals surface area contributed by atoms with Gasteiger partial charge in [-0.3, -0.25) is 10.1 Å². The summed E-state index contributed by atoms with van der Waals surface area (Å²) >= 11 is 2.08. The van der Waals surface area contributed by atoms with Crippen molar-refractivity contribution in [2.24, 2.45) is 0 Å². The molecule has 114 valence electrons. The number of piperidine rings is 1. The van der Waals surface area contributed by atoms with Gasteiger partial charge in [-0.2, -0.15) is 0 Å². The minimum Gasteiger partial charge on any atom is -0.376 e. The third kappa shape index (κ3) is 2.63. The summed E-state index contributed by atoms with van der Waals surface area (Å²) in [6, 6.07) is 3.20. The predicted molar refractivity (Wildman–Crippen MR) is 84.6 cm³/mol. The van der Waals surface area contributed by atoms with Gasteiger partial charge in [-0.25, -0.2) is 8.78 Å². The van der Waals surface area contributed by atoms with Crippen LogP contribution in [-0.4, -0.2) is 15.0 Å². The number of alkyl halides is 2. The Hall–Kier alpha value is -1.25. The quantitative estimate of drug-likeness (QED) is 0.356. The van der Waals surface area contributed by atoms with E-state index in [1.165, 1.54) is 0 Å². The fourth-order valence-electron chi connectivity index (χ4n) is 2.64. The van der Waals surface area contributed by atoms with Crippen LogP contribution in [0.15, 0.2) is 30.5 Å². The van der Waals surface area contributed by atoms with Gasteiger partial charge < -0.3 is 5.32 Å². The molecule has 0 aliphatic carbocycles. The highest BCUT2D eigenvalue weighted by molar-refractivity contribution is 14.1. The number of nitro groups is 1. The monoisotopic (exact) mass is 408 g/mol.